The van der Waals surface area contributed by atoms with E-state index in [2.05, 4.69) is 30.5 Å². The number of hydrogen-bond acceptors (Lipinski definition) is 5. The van der Waals surface area contributed by atoms with Crippen molar-refractivity contribution in [1.82, 2.24) is 4.57 Å². The molecule has 1 aromatic heterocycles. The number of nitrogens with zero attached hydrogens (tertiary/aromatic N) is 1. The highest BCUT2D eigenvalue weighted by Crippen LogP contribution is 2.47. The molecule has 6 nitrogen and oxygen atoms in total. The molecule has 200 valence electrons. The van der Waals surface area contributed by atoms with Gasteiger partial charge in [-0.1, -0.05) is 74.0 Å². The van der Waals surface area contributed by atoms with Gasteiger partial charge in [0.25, 0.3) is 0 Å². The van der Waals surface area contributed by atoms with Gasteiger partial charge in [-0.25, -0.2) is 4.79 Å². The number of ether oxygens (including phenoxy) is 3. The summed E-state index contributed by atoms with van der Waals surface area (Å²) in [5.41, 5.74) is 6.64. The van der Waals surface area contributed by atoms with E-state index in [4.69, 9.17) is 25.8 Å². The lowest BCUT2D eigenvalue weighted by atomic mass is 9.86. The molecule has 0 atom stereocenters. The largest absolute Gasteiger partial charge is 0.463 e. The van der Waals surface area contributed by atoms with Gasteiger partial charge in [-0.3, -0.25) is 4.79 Å². The van der Waals surface area contributed by atoms with Crippen molar-refractivity contribution in [2.45, 2.75) is 40.2 Å². The van der Waals surface area contributed by atoms with E-state index in [1.165, 1.54) is 11.8 Å². The summed E-state index contributed by atoms with van der Waals surface area (Å²) in [4.78, 5) is 24.3. The molecule has 2 aromatic carbocycles. The Bertz CT molecular complexity index is 1290. The Hall–Kier alpha value is -3.35. The van der Waals surface area contributed by atoms with Crippen LogP contribution in [0.1, 0.15) is 32.2 Å². The lowest BCUT2D eigenvalue weighted by Crippen LogP contribution is -2.18. The average molecular weight is 536 g/mol. The van der Waals surface area contributed by atoms with Crippen LogP contribution < -0.4 is 0 Å². The number of rotatable bonds is 11. The quantitative estimate of drug-likeness (QED) is 0.164. The summed E-state index contributed by atoms with van der Waals surface area (Å²) in [7, 11) is 0. The van der Waals surface area contributed by atoms with Crippen LogP contribution in [0.3, 0.4) is 0 Å². The van der Waals surface area contributed by atoms with Crippen LogP contribution in [-0.2, 0) is 43.2 Å². The minimum Gasteiger partial charge on any atom is -0.463 e. The van der Waals surface area contributed by atoms with Gasteiger partial charge in [0.1, 0.15) is 13.2 Å². The molecule has 1 aliphatic rings. The average Bonchev–Trinajstić information content (AvgIpc) is 3.35. The number of halogens is 1. The van der Waals surface area contributed by atoms with Crippen LogP contribution in [0.4, 0.5) is 0 Å². The van der Waals surface area contributed by atoms with Gasteiger partial charge in [-0.15, -0.1) is 0 Å². The van der Waals surface area contributed by atoms with Crippen molar-refractivity contribution < 1.29 is 23.8 Å². The Balaban J connectivity index is 1.53. The molecule has 0 amide bonds. The molecular weight excluding hydrogens is 502 g/mol. The first kappa shape index (κ1) is 27.7. The minimum absolute atomic E-state index is 0.0836. The fraction of sp³-hybridized carbons (Fsp3) is 0.355. The van der Waals surface area contributed by atoms with Crippen LogP contribution in [0, 0.1) is 5.41 Å². The maximum absolute atomic E-state index is 13.0. The SMILES string of the molecule is C/C=C/C(=O)OCCOCCOC(=O)Cc1c(-c2ccc(Cl)cc2)c(-c2ccccc2)c2n1CC(C)(C)C2. The first-order chi connectivity index (χ1) is 18.3. The molecule has 7 heteroatoms. The van der Waals surface area contributed by atoms with E-state index in [1.807, 2.05) is 42.5 Å². The Kier molecular flexibility index (Phi) is 9.08. The Morgan fingerprint density at radius 2 is 1.58 bits per heavy atom. The zero-order valence-electron chi connectivity index (χ0n) is 22.2. The summed E-state index contributed by atoms with van der Waals surface area (Å²) >= 11 is 6.21. The maximum Gasteiger partial charge on any atom is 0.330 e. The van der Waals surface area contributed by atoms with Crippen molar-refractivity contribution in [2.75, 3.05) is 26.4 Å². The van der Waals surface area contributed by atoms with Gasteiger partial charge in [0, 0.05) is 40.2 Å². The molecule has 0 aliphatic carbocycles. The number of carbonyl (C=O) groups is 2. The molecule has 4 rings (SSSR count). The monoisotopic (exact) mass is 535 g/mol. The first-order valence-electron chi connectivity index (χ1n) is 12.9. The molecular formula is C31H34ClNO5. The summed E-state index contributed by atoms with van der Waals surface area (Å²) < 4.78 is 18.3. The summed E-state index contributed by atoms with van der Waals surface area (Å²) in [6.45, 7) is 7.83. The van der Waals surface area contributed by atoms with Gasteiger partial charge in [0.2, 0.25) is 0 Å². The lowest BCUT2D eigenvalue weighted by Gasteiger charge is -2.19. The number of carbonyl (C=O) groups excluding carboxylic acids is 2. The van der Waals surface area contributed by atoms with E-state index < -0.39 is 5.97 Å². The molecule has 2 heterocycles. The number of aromatic nitrogens is 1. The number of benzene rings is 2. The summed E-state index contributed by atoms with van der Waals surface area (Å²) in [5.74, 6) is -0.718. The van der Waals surface area contributed by atoms with Crippen LogP contribution in [0.5, 0.6) is 0 Å². The smallest absolute Gasteiger partial charge is 0.330 e. The molecule has 0 spiro atoms. The molecule has 3 aromatic rings. The van der Waals surface area contributed by atoms with E-state index >= 15 is 0 Å². The molecule has 1 aliphatic heterocycles. The number of hydrogen-bond donors (Lipinski definition) is 0. The summed E-state index contributed by atoms with van der Waals surface area (Å²) in [5, 5.41) is 0.667. The lowest BCUT2D eigenvalue weighted by molar-refractivity contribution is -0.144. The molecule has 0 N–H and O–H groups in total. The van der Waals surface area contributed by atoms with Gasteiger partial charge < -0.3 is 18.8 Å². The second-order valence-electron chi connectivity index (χ2n) is 10.1. The summed E-state index contributed by atoms with van der Waals surface area (Å²) in [6, 6.07) is 18.1. The van der Waals surface area contributed by atoms with Gasteiger partial charge in [-0.05, 0) is 42.0 Å². The molecule has 0 radical (unpaired) electrons. The zero-order valence-corrected chi connectivity index (χ0v) is 22.9. The van der Waals surface area contributed by atoms with Crippen LogP contribution in [0.2, 0.25) is 5.02 Å². The number of fused-ring (bicyclic) bond motifs is 1. The van der Waals surface area contributed by atoms with Crippen LogP contribution in [-0.4, -0.2) is 42.9 Å². The third-order valence-corrected chi connectivity index (χ3v) is 6.74. The van der Waals surface area contributed by atoms with E-state index in [0.717, 1.165) is 40.9 Å². The normalized spacial score (nSPS) is 14.0. The Labute approximate surface area is 229 Å². The number of allylic oxidation sites excluding steroid dienone is 1. The Morgan fingerprint density at radius 1 is 0.921 bits per heavy atom. The summed E-state index contributed by atoms with van der Waals surface area (Å²) in [6.07, 6.45) is 4.03. The third-order valence-electron chi connectivity index (χ3n) is 6.48. The highest BCUT2D eigenvalue weighted by Gasteiger charge is 2.36. The highest BCUT2D eigenvalue weighted by molar-refractivity contribution is 6.30. The van der Waals surface area contributed by atoms with Crippen molar-refractivity contribution >= 4 is 23.5 Å². The van der Waals surface area contributed by atoms with Crippen LogP contribution in [0.15, 0.2) is 66.7 Å². The second kappa shape index (κ2) is 12.5. The van der Waals surface area contributed by atoms with Crippen molar-refractivity contribution in [3.8, 4) is 22.3 Å². The highest BCUT2D eigenvalue weighted by atomic mass is 35.5. The fourth-order valence-electron chi connectivity index (χ4n) is 4.95. The van der Waals surface area contributed by atoms with E-state index in [1.54, 1.807) is 13.0 Å². The van der Waals surface area contributed by atoms with Crippen molar-refractivity contribution in [1.29, 1.82) is 0 Å². The second-order valence-corrected chi connectivity index (χ2v) is 10.6. The van der Waals surface area contributed by atoms with Crippen molar-refractivity contribution in [3.05, 3.63) is 83.2 Å². The molecule has 0 fully saturated rings. The maximum atomic E-state index is 13.0. The van der Waals surface area contributed by atoms with Gasteiger partial charge >= 0.3 is 11.9 Å². The minimum atomic E-state index is -0.406. The standard InChI is InChI=1S/C31H34ClNO5/c1-4-8-27(34)37-17-15-36-16-18-38-28(35)19-25-29(23-11-13-24(32)14-12-23)30(22-9-6-5-7-10-22)26-20-31(2,3)21-33(25)26/h4-14H,15-21H2,1-3H3/b8-4+. The van der Waals surface area contributed by atoms with Gasteiger partial charge in [-0.2, -0.15) is 0 Å². The van der Waals surface area contributed by atoms with Gasteiger partial charge in [0.15, 0.2) is 0 Å². The molecule has 0 saturated carbocycles. The predicted octanol–water partition coefficient (Wildman–Crippen LogP) is 6.28. The topological polar surface area (TPSA) is 66.8 Å². The molecule has 0 saturated heterocycles. The Morgan fingerprint density at radius 3 is 2.26 bits per heavy atom. The predicted molar refractivity (Wildman–Crippen MR) is 149 cm³/mol. The fourth-order valence-corrected chi connectivity index (χ4v) is 5.08. The van der Waals surface area contributed by atoms with Crippen molar-refractivity contribution in [3.63, 3.8) is 0 Å². The van der Waals surface area contributed by atoms with Crippen LogP contribution in [0.25, 0.3) is 22.3 Å². The number of esters is 2. The van der Waals surface area contributed by atoms with E-state index in [9.17, 15) is 9.59 Å². The molecule has 0 bridgehead atoms. The van der Waals surface area contributed by atoms with Crippen molar-refractivity contribution in [2.24, 2.45) is 5.41 Å². The first-order valence-corrected chi connectivity index (χ1v) is 13.3. The zero-order chi connectivity index (χ0) is 27.1. The van der Waals surface area contributed by atoms with Crippen LogP contribution >= 0.6 is 11.6 Å². The van der Waals surface area contributed by atoms with E-state index in [0.29, 0.717) is 5.02 Å². The molecule has 0 unspecified atom stereocenters. The van der Waals surface area contributed by atoms with Gasteiger partial charge in [0.05, 0.1) is 19.6 Å². The molecule has 38 heavy (non-hydrogen) atoms. The van der Waals surface area contributed by atoms with E-state index in [-0.39, 0.29) is 44.2 Å². The third kappa shape index (κ3) is 6.74.